The molecule has 0 aliphatic heterocycles. The molecule has 0 saturated heterocycles. The molecule has 11 heavy (non-hydrogen) atoms. The average Bonchev–Trinajstić information content (AvgIpc) is 1.85. The lowest BCUT2D eigenvalue weighted by molar-refractivity contribution is 0.199. The molecule has 1 aromatic rings. The second-order valence-corrected chi connectivity index (χ2v) is 3.85. The highest BCUT2D eigenvalue weighted by Crippen LogP contribution is 2.20. The molecule has 0 aromatic carbocycles. The number of aliphatic hydroxyl groups is 1. The topological polar surface area (TPSA) is 33.1 Å². The Balaban J connectivity index is 3.08. The van der Waals surface area contributed by atoms with Crippen LogP contribution in [0.4, 0.5) is 0 Å². The third-order valence-corrected chi connectivity index (χ3v) is 2.08. The predicted molar refractivity (Wildman–Crippen MR) is 50.3 cm³/mol. The summed E-state index contributed by atoms with van der Waals surface area (Å²) in [4.78, 5) is 4.04. The normalized spacial score (nSPS) is 13.1. The van der Waals surface area contributed by atoms with E-state index in [1.807, 2.05) is 0 Å². The van der Waals surface area contributed by atoms with Gasteiger partial charge in [-0.05, 0) is 56.5 Å². The van der Waals surface area contributed by atoms with Crippen molar-refractivity contribution in [1.82, 2.24) is 4.98 Å². The highest BCUT2D eigenvalue weighted by atomic mass is 79.9. The van der Waals surface area contributed by atoms with Crippen LogP contribution in [0.5, 0.6) is 0 Å². The summed E-state index contributed by atoms with van der Waals surface area (Å²) in [7, 11) is 0. The lowest BCUT2D eigenvalue weighted by atomic mass is 10.2. The fourth-order valence-corrected chi connectivity index (χ4v) is 1.87. The minimum atomic E-state index is -0.453. The van der Waals surface area contributed by atoms with Crippen molar-refractivity contribution in [3.8, 4) is 0 Å². The second kappa shape index (κ2) is 3.65. The monoisotopic (exact) mass is 279 g/mol. The average molecular weight is 281 g/mol. The van der Waals surface area contributed by atoms with E-state index in [0.29, 0.717) is 0 Å². The lowest BCUT2D eigenvalue weighted by Gasteiger charge is -2.04. The van der Waals surface area contributed by atoms with Gasteiger partial charge in [0.25, 0.3) is 0 Å². The van der Waals surface area contributed by atoms with E-state index in [1.165, 1.54) is 0 Å². The number of nitrogens with zero attached hydrogens (tertiary/aromatic N) is 1. The lowest BCUT2D eigenvalue weighted by Crippen LogP contribution is -1.92. The zero-order valence-electron chi connectivity index (χ0n) is 5.88. The number of rotatable bonds is 1. The van der Waals surface area contributed by atoms with Gasteiger partial charge in [0, 0.05) is 0 Å². The van der Waals surface area contributed by atoms with E-state index < -0.39 is 6.10 Å². The zero-order chi connectivity index (χ0) is 8.43. The maximum Gasteiger partial charge on any atom is 0.107 e. The fourth-order valence-electron chi connectivity index (χ4n) is 0.725. The highest BCUT2D eigenvalue weighted by Gasteiger charge is 2.03. The van der Waals surface area contributed by atoms with Gasteiger partial charge in [-0.1, -0.05) is 0 Å². The van der Waals surface area contributed by atoms with E-state index >= 15 is 0 Å². The fraction of sp³-hybridized carbons (Fsp3) is 0.286. The van der Waals surface area contributed by atoms with Crippen LogP contribution in [-0.4, -0.2) is 10.1 Å². The summed E-state index contributed by atoms with van der Waals surface area (Å²) in [5.41, 5.74) is 0.846. The van der Waals surface area contributed by atoms with Crippen molar-refractivity contribution in [2.45, 2.75) is 13.0 Å². The van der Waals surface area contributed by atoms with Crippen LogP contribution < -0.4 is 0 Å². The number of pyridine rings is 1. The van der Waals surface area contributed by atoms with Crippen molar-refractivity contribution in [2.75, 3.05) is 0 Å². The molecule has 60 valence electrons. The first-order valence-corrected chi connectivity index (χ1v) is 4.69. The number of aliphatic hydroxyl groups excluding tert-OH is 1. The van der Waals surface area contributed by atoms with Crippen molar-refractivity contribution >= 4 is 31.9 Å². The maximum atomic E-state index is 9.20. The molecule has 1 rings (SSSR count). The van der Waals surface area contributed by atoms with Crippen molar-refractivity contribution in [3.63, 3.8) is 0 Å². The van der Waals surface area contributed by atoms with Gasteiger partial charge in [0.1, 0.15) is 9.21 Å². The molecule has 0 radical (unpaired) electrons. The number of halogens is 2. The van der Waals surface area contributed by atoms with Crippen LogP contribution in [-0.2, 0) is 0 Å². The van der Waals surface area contributed by atoms with Gasteiger partial charge in [0.05, 0.1) is 6.10 Å². The van der Waals surface area contributed by atoms with E-state index in [4.69, 9.17) is 0 Å². The molecule has 0 unspecified atom stereocenters. The SMILES string of the molecule is C[C@H](O)c1cc(Br)nc(Br)c1. The summed E-state index contributed by atoms with van der Waals surface area (Å²) in [6.45, 7) is 1.72. The molecule has 1 atom stereocenters. The molecule has 0 aliphatic rings. The first-order chi connectivity index (χ1) is 5.09. The van der Waals surface area contributed by atoms with Crippen LogP contribution >= 0.6 is 31.9 Å². The van der Waals surface area contributed by atoms with E-state index in [2.05, 4.69) is 36.8 Å². The van der Waals surface area contributed by atoms with Crippen molar-refractivity contribution in [2.24, 2.45) is 0 Å². The molecule has 1 N–H and O–H groups in total. The first kappa shape index (κ1) is 9.16. The van der Waals surface area contributed by atoms with Crippen molar-refractivity contribution in [3.05, 3.63) is 26.9 Å². The van der Waals surface area contributed by atoms with Gasteiger partial charge < -0.3 is 5.11 Å². The number of hydrogen-bond donors (Lipinski definition) is 1. The quantitative estimate of drug-likeness (QED) is 0.803. The van der Waals surface area contributed by atoms with Crippen LogP contribution in [0.1, 0.15) is 18.6 Å². The van der Waals surface area contributed by atoms with Gasteiger partial charge in [-0.3, -0.25) is 0 Å². The Labute approximate surface area is 81.9 Å². The molecule has 0 fully saturated rings. The summed E-state index contributed by atoms with van der Waals surface area (Å²) < 4.78 is 1.45. The predicted octanol–water partition coefficient (Wildman–Crippen LogP) is 2.66. The van der Waals surface area contributed by atoms with Crippen LogP contribution in [0.25, 0.3) is 0 Å². The number of hydrogen-bond acceptors (Lipinski definition) is 2. The van der Waals surface area contributed by atoms with Crippen molar-refractivity contribution in [1.29, 1.82) is 0 Å². The standard InChI is InChI=1S/C7H7Br2NO/c1-4(11)5-2-6(8)10-7(9)3-5/h2-4,11H,1H3/t4-/m0/s1. The molecule has 1 heterocycles. The minimum absolute atomic E-state index is 0.453. The van der Waals surface area contributed by atoms with Gasteiger partial charge in [-0.15, -0.1) is 0 Å². The molecule has 0 amide bonds. The summed E-state index contributed by atoms with van der Waals surface area (Å²) in [6, 6.07) is 3.57. The Morgan fingerprint density at radius 2 is 1.82 bits per heavy atom. The van der Waals surface area contributed by atoms with E-state index in [-0.39, 0.29) is 0 Å². The van der Waals surface area contributed by atoms with Gasteiger partial charge in [0.15, 0.2) is 0 Å². The molecule has 1 aromatic heterocycles. The summed E-state index contributed by atoms with van der Waals surface area (Å²) in [5, 5.41) is 9.20. The molecule has 2 nitrogen and oxygen atoms in total. The van der Waals surface area contributed by atoms with Crippen LogP contribution in [0.15, 0.2) is 21.3 Å². The Morgan fingerprint density at radius 1 is 1.36 bits per heavy atom. The summed E-state index contributed by atoms with van der Waals surface area (Å²) >= 11 is 6.46. The van der Waals surface area contributed by atoms with Gasteiger partial charge in [0.2, 0.25) is 0 Å². The number of aromatic nitrogens is 1. The van der Waals surface area contributed by atoms with Gasteiger partial charge in [-0.2, -0.15) is 0 Å². The summed E-state index contributed by atoms with van der Waals surface area (Å²) in [5.74, 6) is 0. The van der Waals surface area contributed by atoms with Gasteiger partial charge in [-0.25, -0.2) is 4.98 Å². The largest absolute Gasteiger partial charge is 0.389 e. The summed E-state index contributed by atoms with van der Waals surface area (Å²) in [6.07, 6.45) is -0.453. The maximum absolute atomic E-state index is 9.20. The van der Waals surface area contributed by atoms with E-state index in [9.17, 15) is 5.11 Å². The van der Waals surface area contributed by atoms with Crippen LogP contribution in [0, 0.1) is 0 Å². The molecular formula is C7H7Br2NO. The molecule has 0 aliphatic carbocycles. The smallest absolute Gasteiger partial charge is 0.107 e. The molecule has 0 bridgehead atoms. The highest BCUT2D eigenvalue weighted by molar-refractivity contribution is 9.11. The van der Waals surface area contributed by atoms with Gasteiger partial charge >= 0.3 is 0 Å². The van der Waals surface area contributed by atoms with Crippen LogP contribution in [0.3, 0.4) is 0 Å². The third-order valence-electron chi connectivity index (χ3n) is 1.27. The molecular weight excluding hydrogens is 274 g/mol. The Bertz CT molecular complexity index is 242. The van der Waals surface area contributed by atoms with Crippen molar-refractivity contribution < 1.29 is 5.11 Å². The molecule has 4 heteroatoms. The zero-order valence-corrected chi connectivity index (χ0v) is 9.05. The van der Waals surface area contributed by atoms with Crippen LogP contribution in [0.2, 0.25) is 0 Å². The Morgan fingerprint density at radius 3 is 2.18 bits per heavy atom. The Hall–Kier alpha value is 0.0700. The third kappa shape index (κ3) is 2.54. The second-order valence-electron chi connectivity index (χ2n) is 2.22. The first-order valence-electron chi connectivity index (χ1n) is 3.10. The molecule has 0 saturated carbocycles. The van der Waals surface area contributed by atoms with E-state index in [1.54, 1.807) is 19.1 Å². The minimum Gasteiger partial charge on any atom is -0.389 e. The van der Waals surface area contributed by atoms with E-state index in [0.717, 1.165) is 14.8 Å². The Kier molecular flexibility index (Phi) is 3.04. The molecule has 0 spiro atoms.